The summed E-state index contributed by atoms with van der Waals surface area (Å²) < 4.78 is 10.3. The van der Waals surface area contributed by atoms with Gasteiger partial charge in [0.25, 0.3) is 0 Å². The quantitative estimate of drug-likeness (QED) is 0.636. The molecule has 0 aliphatic rings. The van der Waals surface area contributed by atoms with Crippen molar-refractivity contribution in [3.63, 3.8) is 0 Å². The van der Waals surface area contributed by atoms with Gasteiger partial charge < -0.3 is 14.8 Å². The number of carbonyl (C=O) groups is 2. The molecule has 0 saturated heterocycles. The minimum Gasteiger partial charge on any atom is -0.460 e. The number of allylic oxidation sites excluding steroid dienone is 1. The molecule has 0 aromatic heterocycles. The zero-order chi connectivity index (χ0) is 16.7. The van der Waals surface area contributed by atoms with E-state index in [2.05, 4.69) is 5.32 Å². The molecule has 0 heterocycles. The van der Waals surface area contributed by atoms with Crippen LogP contribution in [-0.4, -0.2) is 29.3 Å². The van der Waals surface area contributed by atoms with Gasteiger partial charge in [0.2, 0.25) is 0 Å². The number of nitrogens with one attached hydrogen (secondary N) is 1. The Balaban J connectivity index is 4.68. The third-order valence-electron chi connectivity index (χ3n) is 1.91. The van der Waals surface area contributed by atoms with Crippen molar-refractivity contribution in [3.05, 3.63) is 12.2 Å². The highest BCUT2D eigenvalue weighted by Gasteiger charge is 2.22. The lowest BCUT2D eigenvalue weighted by Gasteiger charge is -2.23. The second-order valence-electron chi connectivity index (χ2n) is 6.53. The third-order valence-corrected chi connectivity index (χ3v) is 1.91. The molecule has 1 N–H and O–H groups in total. The van der Waals surface area contributed by atoms with E-state index in [1.807, 2.05) is 6.07 Å². The van der Waals surface area contributed by atoms with E-state index in [0.29, 0.717) is 0 Å². The lowest BCUT2D eigenvalue weighted by atomic mass is 10.1. The van der Waals surface area contributed by atoms with Crippen LogP contribution in [0.2, 0.25) is 0 Å². The van der Waals surface area contributed by atoms with Crippen molar-refractivity contribution < 1.29 is 19.1 Å². The molecule has 21 heavy (non-hydrogen) atoms. The van der Waals surface area contributed by atoms with E-state index in [1.54, 1.807) is 41.5 Å². The summed E-state index contributed by atoms with van der Waals surface area (Å²) in [7, 11) is 0. The average Bonchev–Trinajstić information content (AvgIpc) is 2.20. The Labute approximate surface area is 126 Å². The normalized spacial score (nSPS) is 13.4. The van der Waals surface area contributed by atoms with Crippen molar-refractivity contribution in [2.45, 2.75) is 65.2 Å². The van der Waals surface area contributed by atoms with Crippen LogP contribution in [0.3, 0.4) is 0 Å². The van der Waals surface area contributed by atoms with Gasteiger partial charge in [0.1, 0.15) is 11.2 Å². The van der Waals surface area contributed by atoms with Crippen molar-refractivity contribution in [2.24, 2.45) is 0 Å². The minimum absolute atomic E-state index is 0.0747. The number of hydrogen-bond acceptors (Lipinski definition) is 5. The van der Waals surface area contributed by atoms with E-state index in [0.717, 1.165) is 0 Å². The molecule has 0 radical (unpaired) electrons. The number of rotatable bonds is 4. The molecule has 0 fully saturated rings. The first-order valence-corrected chi connectivity index (χ1v) is 6.70. The summed E-state index contributed by atoms with van der Waals surface area (Å²) in [6, 6.07) is 1.16. The van der Waals surface area contributed by atoms with Gasteiger partial charge in [0.15, 0.2) is 0 Å². The summed E-state index contributed by atoms with van der Waals surface area (Å²) in [6.07, 6.45) is 1.90. The molecule has 0 bridgehead atoms. The summed E-state index contributed by atoms with van der Waals surface area (Å²) >= 11 is 0. The Kier molecular flexibility index (Phi) is 6.93. The van der Waals surface area contributed by atoms with Crippen LogP contribution in [-0.2, 0) is 14.3 Å². The number of carbonyl (C=O) groups excluding carboxylic acids is 2. The Hall–Kier alpha value is -2.03. The summed E-state index contributed by atoms with van der Waals surface area (Å²) in [5, 5.41) is 11.1. The molecule has 0 aromatic rings. The minimum atomic E-state index is -0.658. The molecule has 0 rings (SSSR count). The monoisotopic (exact) mass is 296 g/mol. The van der Waals surface area contributed by atoms with Gasteiger partial charge in [0.05, 0.1) is 18.5 Å². The molecule has 6 heteroatoms. The van der Waals surface area contributed by atoms with E-state index in [9.17, 15) is 9.59 Å². The van der Waals surface area contributed by atoms with Gasteiger partial charge in [-0.3, -0.25) is 4.79 Å². The maximum atomic E-state index is 11.8. The van der Waals surface area contributed by atoms with Crippen LogP contribution >= 0.6 is 0 Å². The summed E-state index contributed by atoms with van der Waals surface area (Å²) in [6.45, 7) is 10.5. The predicted octanol–water partition coefficient (Wildman–Crippen LogP) is 2.69. The standard InChI is InChI=1S/C15H24N2O4/c1-14(2,3)20-12(18)10-11(8-7-9-16)17-13(19)21-15(4,5)6/h7-8,11H,10H2,1-6H3,(H,17,19). The molecule has 0 aliphatic carbocycles. The molecule has 118 valence electrons. The number of alkyl carbamates (subject to hydrolysis) is 1. The molecule has 0 spiro atoms. The van der Waals surface area contributed by atoms with E-state index in [1.165, 1.54) is 12.2 Å². The van der Waals surface area contributed by atoms with Crippen molar-refractivity contribution >= 4 is 12.1 Å². The van der Waals surface area contributed by atoms with Gasteiger partial charge in [0, 0.05) is 6.08 Å². The van der Waals surface area contributed by atoms with Gasteiger partial charge in [-0.25, -0.2) is 4.79 Å². The number of hydrogen-bond donors (Lipinski definition) is 1. The number of nitriles is 1. The first-order valence-electron chi connectivity index (χ1n) is 6.70. The van der Waals surface area contributed by atoms with E-state index in [4.69, 9.17) is 14.7 Å². The molecule has 6 nitrogen and oxygen atoms in total. The highest BCUT2D eigenvalue weighted by molar-refractivity contribution is 5.73. The van der Waals surface area contributed by atoms with Crippen molar-refractivity contribution in [1.29, 1.82) is 5.26 Å². The molecule has 1 atom stereocenters. The van der Waals surface area contributed by atoms with Crippen LogP contribution in [0.25, 0.3) is 0 Å². The topological polar surface area (TPSA) is 88.4 Å². The van der Waals surface area contributed by atoms with Crippen LogP contribution in [0.5, 0.6) is 0 Å². The van der Waals surface area contributed by atoms with E-state index < -0.39 is 29.3 Å². The van der Waals surface area contributed by atoms with E-state index in [-0.39, 0.29) is 6.42 Å². The Morgan fingerprint density at radius 1 is 1.14 bits per heavy atom. The number of esters is 1. The molecule has 0 aliphatic heterocycles. The highest BCUT2D eigenvalue weighted by Crippen LogP contribution is 2.11. The van der Waals surface area contributed by atoms with Gasteiger partial charge in [-0.1, -0.05) is 6.08 Å². The zero-order valence-corrected chi connectivity index (χ0v) is 13.5. The maximum absolute atomic E-state index is 11.8. The SMILES string of the molecule is CC(C)(C)OC(=O)CC(C=CC#N)NC(=O)OC(C)(C)C. The predicted molar refractivity (Wildman–Crippen MR) is 78.4 cm³/mol. The summed E-state index contributed by atoms with van der Waals surface area (Å²) in [5.74, 6) is -0.467. The number of nitrogens with zero attached hydrogens (tertiary/aromatic N) is 1. The summed E-state index contributed by atoms with van der Waals surface area (Å²) in [5.41, 5.74) is -1.24. The maximum Gasteiger partial charge on any atom is 0.408 e. The number of amides is 1. The van der Waals surface area contributed by atoms with Crippen LogP contribution in [0.1, 0.15) is 48.0 Å². The second-order valence-corrected chi connectivity index (χ2v) is 6.53. The first kappa shape index (κ1) is 19.0. The zero-order valence-electron chi connectivity index (χ0n) is 13.5. The van der Waals surface area contributed by atoms with Crippen LogP contribution in [0.4, 0.5) is 4.79 Å². The van der Waals surface area contributed by atoms with Crippen LogP contribution < -0.4 is 5.32 Å². The van der Waals surface area contributed by atoms with Gasteiger partial charge in [-0.2, -0.15) is 5.26 Å². The molecular formula is C15H24N2O4. The highest BCUT2D eigenvalue weighted by atomic mass is 16.6. The molecule has 0 aromatic carbocycles. The molecule has 0 saturated carbocycles. The first-order chi connectivity index (χ1) is 9.43. The number of ether oxygens (including phenoxy) is 2. The molecule has 1 unspecified atom stereocenters. The van der Waals surface area contributed by atoms with Crippen molar-refractivity contribution in [3.8, 4) is 6.07 Å². The van der Waals surface area contributed by atoms with E-state index >= 15 is 0 Å². The third kappa shape index (κ3) is 11.5. The molecule has 1 amide bonds. The van der Waals surface area contributed by atoms with Gasteiger partial charge in [-0.15, -0.1) is 0 Å². The second kappa shape index (κ2) is 7.67. The van der Waals surface area contributed by atoms with Crippen molar-refractivity contribution in [2.75, 3.05) is 0 Å². The Morgan fingerprint density at radius 2 is 1.67 bits per heavy atom. The largest absolute Gasteiger partial charge is 0.460 e. The fraction of sp³-hybridized carbons (Fsp3) is 0.667. The van der Waals surface area contributed by atoms with Crippen LogP contribution in [0, 0.1) is 11.3 Å². The lowest BCUT2D eigenvalue weighted by Crippen LogP contribution is -2.40. The van der Waals surface area contributed by atoms with Crippen LogP contribution in [0.15, 0.2) is 12.2 Å². The summed E-state index contributed by atoms with van der Waals surface area (Å²) in [4.78, 5) is 23.5. The average molecular weight is 296 g/mol. The van der Waals surface area contributed by atoms with Gasteiger partial charge >= 0.3 is 12.1 Å². The fourth-order valence-electron chi connectivity index (χ4n) is 1.35. The molecular weight excluding hydrogens is 272 g/mol. The Morgan fingerprint density at radius 3 is 2.10 bits per heavy atom. The smallest absolute Gasteiger partial charge is 0.408 e. The lowest BCUT2D eigenvalue weighted by molar-refractivity contribution is -0.155. The Bertz CT molecular complexity index is 406. The fourth-order valence-corrected chi connectivity index (χ4v) is 1.35. The van der Waals surface area contributed by atoms with Gasteiger partial charge in [-0.05, 0) is 41.5 Å². The van der Waals surface area contributed by atoms with Crippen molar-refractivity contribution in [1.82, 2.24) is 5.32 Å².